The number of benzene rings is 3. The topological polar surface area (TPSA) is 76.7 Å². The number of aryl methyl sites for hydroxylation is 1. The zero-order chi connectivity index (χ0) is 21.1. The van der Waals surface area contributed by atoms with Gasteiger partial charge in [-0.1, -0.05) is 48.5 Å². The summed E-state index contributed by atoms with van der Waals surface area (Å²) >= 11 is 0. The fraction of sp³-hybridized carbons (Fsp3) is 0.200. The second-order valence-electron chi connectivity index (χ2n) is 8.29. The molecule has 154 valence electrons. The van der Waals surface area contributed by atoms with E-state index in [4.69, 9.17) is 10.5 Å². The van der Waals surface area contributed by atoms with Gasteiger partial charge in [0, 0.05) is 24.7 Å². The molecular formula is C25H22N4O2. The standard InChI is InChI=1S/C25H22N4O2/c1-28-21-11-16(7-8-17(21)12-27-28)18-9-10-20(26)23-19(18)13-29(25(23)30)14-22-24(31-22)15-5-3-2-4-6-15/h2-12,22,24H,13-14,26H2,1H3. The van der Waals surface area contributed by atoms with Crippen molar-refractivity contribution < 1.29 is 9.53 Å². The zero-order valence-electron chi connectivity index (χ0n) is 17.2. The van der Waals surface area contributed by atoms with E-state index in [1.54, 1.807) is 0 Å². The zero-order valence-corrected chi connectivity index (χ0v) is 17.2. The summed E-state index contributed by atoms with van der Waals surface area (Å²) < 4.78 is 7.74. The van der Waals surface area contributed by atoms with E-state index < -0.39 is 0 Å². The van der Waals surface area contributed by atoms with E-state index in [9.17, 15) is 4.79 Å². The minimum absolute atomic E-state index is 0.0155. The Hall–Kier alpha value is -3.64. The van der Waals surface area contributed by atoms with Crippen LogP contribution in [0.1, 0.15) is 27.6 Å². The van der Waals surface area contributed by atoms with Gasteiger partial charge in [-0.15, -0.1) is 0 Å². The molecule has 0 radical (unpaired) electrons. The number of hydrogen-bond acceptors (Lipinski definition) is 4. The number of nitrogens with zero attached hydrogens (tertiary/aromatic N) is 3. The Morgan fingerprint density at radius 3 is 2.81 bits per heavy atom. The van der Waals surface area contributed by atoms with Gasteiger partial charge in [-0.3, -0.25) is 9.48 Å². The van der Waals surface area contributed by atoms with Gasteiger partial charge in [0.15, 0.2) is 0 Å². The van der Waals surface area contributed by atoms with Crippen molar-refractivity contribution in [3.63, 3.8) is 0 Å². The number of nitrogen functional groups attached to an aromatic ring is 1. The maximum atomic E-state index is 13.2. The average Bonchev–Trinajstić information content (AvgIpc) is 3.35. The van der Waals surface area contributed by atoms with Crippen LogP contribution in [0.3, 0.4) is 0 Å². The van der Waals surface area contributed by atoms with Crippen molar-refractivity contribution in [3.8, 4) is 11.1 Å². The first-order chi connectivity index (χ1) is 15.1. The second kappa shape index (κ2) is 6.68. The average molecular weight is 410 g/mol. The van der Waals surface area contributed by atoms with E-state index >= 15 is 0 Å². The Labute approximate surface area is 179 Å². The van der Waals surface area contributed by atoms with Crippen molar-refractivity contribution >= 4 is 22.5 Å². The van der Waals surface area contributed by atoms with Crippen molar-refractivity contribution in [2.75, 3.05) is 12.3 Å². The molecule has 0 spiro atoms. The number of ether oxygens (including phenoxy) is 1. The molecule has 0 bridgehead atoms. The maximum absolute atomic E-state index is 13.2. The van der Waals surface area contributed by atoms with Crippen LogP contribution in [-0.2, 0) is 18.3 Å². The molecule has 1 amide bonds. The number of rotatable bonds is 4. The van der Waals surface area contributed by atoms with Crippen LogP contribution in [0.4, 0.5) is 5.69 Å². The summed E-state index contributed by atoms with van der Waals surface area (Å²) in [5.41, 5.74) is 12.7. The van der Waals surface area contributed by atoms with E-state index in [0.29, 0.717) is 24.3 Å². The lowest BCUT2D eigenvalue weighted by molar-refractivity contribution is 0.0767. The van der Waals surface area contributed by atoms with Crippen LogP contribution in [0.2, 0.25) is 0 Å². The normalized spacial score (nSPS) is 19.8. The summed E-state index contributed by atoms with van der Waals surface area (Å²) in [6, 6.07) is 20.3. The number of amides is 1. The SMILES string of the molecule is Cn1ncc2ccc(-c3ccc(N)c4c3CN(CC3OC3c3ccccc3)C4=O)cc21. The van der Waals surface area contributed by atoms with E-state index in [-0.39, 0.29) is 18.1 Å². The van der Waals surface area contributed by atoms with Crippen LogP contribution >= 0.6 is 0 Å². The maximum Gasteiger partial charge on any atom is 0.256 e. The van der Waals surface area contributed by atoms with E-state index in [0.717, 1.165) is 33.2 Å². The fourth-order valence-corrected chi connectivity index (χ4v) is 4.67. The largest absolute Gasteiger partial charge is 0.398 e. The van der Waals surface area contributed by atoms with Crippen molar-refractivity contribution in [3.05, 3.63) is 83.6 Å². The molecule has 0 aliphatic carbocycles. The molecule has 2 aliphatic rings. The fourth-order valence-electron chi connectivity index (χ4n) is 4.67. The first kappa shape index (κ1) is 18.2. The number of carbonyl (C=O) groups is 1. The minimum Gasteiger partial charge on any atom is -0.398 e. The van der Waals surface area contributed by atoms with Gasteiger partial charge >= 0.3 is 0 Å². The van der Waals surface area contributed by atoms with Gasteiger partial charge in [0.25, 0.3) is 5.91 Å². The predicted molar refractivity (Wildman–Crippen MR) is 119 cm³/mol. The number of aromatic nitrogens is 2. The third-order valence-corrected chi connectivity index (χ3v) is 6.37. The highest BCUT2D eigenvalue weighted by Gasteiger charge is 2.44. The van der Waals surface area contributed by atoms with Gasteiger partial charge in [0.1, 0.15) is 12.2 Å². The third-order valence-electron chi connectivity index (χ3n) is 6.37. The van der Waals surface area contributed by atoms with Gasteiger partial charge in [-0.2, -0.15) is 5.10 Å². The second-order valence-corrected chi connectivity index (χ2v) is 8.29. The molecule has 1 fully saturated rings. The lowest BCUT2D eigenvalue weighted by atomic mass is 9.95. The van der Waals surface area contributed by atoms with Gasteiger partial charge in [0.05, 0.1) is 23.8 Å². The first-order valence-corrected chi connectivity index (χ1v) is 10.4. The smallest absolute Gasteiger partial charge is 0.256 e. The highest BCUT2D eigenvalue weighted by Crippen LogP contribution is 2.42. The summed E-state index contributed by atoms with van der Waals surface area (Å²) in [7, 11) is 1.93. The summed E-state index contributed by atoms with van der Waals surface area (Å²) in [6.07, 6.45) is 1.94. The van der Waals surface area contributed by atoms with E-state index in [2.05, 4.69) is 35.4 Å². The number of fused-ring (bicyclic) bond motifs is 2. The number of hydrogen-bond donors (Lipinski definition) is 1. The molecule has 4 aromatic rings. The number of nitrogens with two attached hydrogens (primary N) is 1. The Balaban J connectivity index is 1.31. The monoisotopic (exact) mass is 410 g/mol. The van der Waals surface area contributed by atoms with Gasteiger partial charge in [-0.25, -0.2) is 0 Å². The number of epoxide rings is 1. The number of carbonyl (C=O) groups excluding carboxylic acids is 1. The molecule has 2 N–H and O–H groups in total. The van der Waals surface area contributed by atoms with E-state index in [1.165, 1.54) is 0 Å². The van der Waals surface area contributed by atoms with E-state index in [1.807, 2.05) is 53.2 Å². The molecule has 3 heterocycles. The Bertz CT molecular complexity index is 1330. The molecule has 2 atom stereocenters. The molecule has 6 rings (SSSR count). The molecule has 6 heteroatoms. The lowest BCUT2D eigenvalue weighted by Crippen LogP contribution is -2.28. The minimum atomic E-state index is -0.0155. The van der Waals surface area contributed by atoms with Crippen LogP contribution in [-0.4, -0.2) is 33.2 Å². The third kappa shape index (κ3) is 2.91. The molecule has 6 nitrogen and oxygen atoms in total. The lowest BCUT2D eigenvalue weighted by Gasteiger charge is -2.14. The van der Waals surface area contributed by atoms with Crippen LogP contribution < -0.4 is 5.73 Å². The van der Waals surface area contributed by atoms with Crippen LogP contribution in [0.25, 0.3) is 22.0 Å². The van der Waals surface area contributed by atoms with Crippen molar-refractivity contribution in [1.82, 2.24) is 14.7 Å². The quantitative estimate of drug-likeness (QED) is 0.409. The molecule has 31 heavy (non-hydrogen) atoms. The van der Waals surface area contributed by atoms with Gasteiger partial charge in [0.2, 0.25) is 0 Å². The van der Waals surface area contributed by atoms with Crippen LogP contribution in [0, 0.1) is 0 Å². The summed E-state index contributed by atoms with van der Waals surface area (Å²) in [6.45, 7) is 1.10. The Morgan fingerprint density at radius 1 is 1.13 bits per heavy atom. The molecule has 1 saturated heterocycles. The molecule has 3 aromatic carbocycles. The Kier molecular flexibility index (Phi) is 3.91. The van der Waals surface area contributed by atoms with Crippen LogP contribution in [0.5, 0.6) is 0 Å². The van der Waals surface area contributed by atoms with Crippen LogP contribution in [0.15, 0.2) is 66.9 Å². The van der Waals surface area contributed by atoms with Crippen molar-refractivity contribution in [1.29, 1.82) is 0 Å². The molecular weight excluding hydrogens is 388 g/mol. The first-order valence-electron chi connectivity index (χ1n) is 10.4. The molecule has 0 saturated carbocycles. The van der Waals surface area contributed by atoms with Crippen molar-refractivity contribution in [2.45, 2.75) is 18.8 Å². The molecule has 2 unspecified atom stereocenters. The van der Waals surface area contributed by atoms with Gasteiger partial charge in [-0.05, 0) is 34.4 Å². The van der Waals surface area contributed by atoms with Crippen molar-refractivity contribution in [2.24, 2.45) is 7.05 Å². The predicted octanol–water partition coefficient (Wildman–Crippen LogP) is 3.92. The highest BCUT2D eigenvalue weighted by atomic mass is 16.6. The summed E-state index contributed by atoms with van der Waals surface area (Å²) in [4.78, 5) is 15.1. The summed E-state index contributed by atoms with van der Waals surface area (Å²) in [5.74, 6) is -0.0155. The van der Waals surface area contributed by atoms with Gasteiger partial charge < -0.3 is 15.4 Å². The molecule has 1 aromatic heterocycles. The number of anilines is 1. The summed E-state index contributed by atoms with van der Waals surface area (Å²) in [5, 5.41) is 5.42. The highest BCUT2D eigenvalue weighted by molar-refractivity contribution is 6.05. The molecule has 2 aliphatic heterocycles. The Morgan fingerprint density at radius 2 is 1.97 bits per heavy atom.